The van der Waals surface area contributed by atoms with Crippen molar-refractivity contribution in [2.24, 2.45) is 4.99 Å². The lowest BCUT2D eigenvalue weighted by atomic mass is 10.2. The van der Waals surface area contributed by atoms with Gasteiger partial charge in [-0.2, -0.15) is 0 Å². The Balaban J connectivity index is 1.22. The summed E-state index contributed by atoms with van der Waals surface area (Å²) in [5, 5.41) is 10.8. The smallest absolute Gasteiger partial charge is 0.226 e. The van der Waals surface area contributed by atoms with E-state index in [4.69, 9.17) is 4.42 Å². The number of aromatic nitrogens is 2. The van der Waals surface area contributed by atoms with Gasteiger partial charge in [0.25, 0.3) is 0 Å². The Bertz CT molecular complexity index is 1060. The minimum atomic E-state index is 0.529. The third-order valence-corrected chi connectivity index (χ3v) is 5.21. The molecule has 2 heterocycles. The van der Waals surface area contributed by atoms with Crippen LogP contribution in [0, 0.1) is 0 Å². The van der Waals surface area contributed by atoms with Crippen LogP contribution in [0.3, 0.4) is 0 Å². The van der Waals surface area contributed by atoms with Gasteiger partial charge < -0.3 is 20.4 Å². The molecule has 0 aliphatic carbocycles. The molecular weight excluding hydrogens is 384 g/mol. The molecule has 0 amide bonds. The van der Waals surface area contributed by atoms with Gasteiger partial charge in [-0.15, -0.1) is 0 Å². The van der Waals surface area contributed by atoms with Crippen LogP contribution in [0.5, 0.6) is 0 Å². The average molecular weight is 407 g/mol. The molecule has 4 aromatic rings. The van der Waals surface area contributed by atoms with Crippen molar-refractivity contribution in [3.05, 3.63) is 66.6 Å². The number of nitrogens with zero attached hydrogens (tertiary/aromatic N) is 3. The van der Waals surface area contributed by atoms with Gasteiger partial charge >= 0.3 is 0 Å². The van der Waals surface area contributed by atoms with Crippen LogP contribution in [-0.2, 0) is 6.54 Å². The van der Waals surface area contributed by atoms with Crippen LogP contribution in [0.4, 0.5) is 5.13 Å². The van der Waals surface area contributed by atoms with Crippen LogP contribution < -0.4 is 16.0 Å². The monoisotopic (exact) mass is 406 g/mol. The number of rotatable bonds is 7. The minimum absolute atomic E-state index is 0.529. The molecule has 0 spiro atoms. The molecule has 0 fully saturated rings. The number of guanidine groups is 1. The number of hydrogen-bond donors (Lipinski definition) is 3. The van der Waals surface area contributed by atoms with Gasteiger partial charge in [-0.05, 0) is 24.3 Å². The van der Waals surface area contributed by atoms with Crippen molar-refractivity contribution in [1.29, 1.82) is 0 Å². The number of fused-ring (bicyclic) bond motifs is 1. The van der Waals surface area contributed by atoms with E-state index in [1.807, 2.05) is 48.5 Å². The fourth-order valence-electron chi connectivity index (χ4n) is 2.79. The quantitative estimate of drug-likeness (QED) is 0.246. The van der Waals surface area contributed by atoms with E-state index in [-0.39, 0.29) is 0 Å². The lowest BCUT2D eigenvalue weighted by Gasteiger charge is -2.10. The summed E-state index contributed by atoms with van der Waals surface area (Å²) in [5.41, 5.74) is 2.80. The Morgan fingerprint density at radius 2 is 1.83 bits per heavy atom. The number of benzene rings is 2. The Morgan fingerprint density at radius 1 is 1.00 bits per heavy atom. The third-order valence-electron chi connectivity index (χ3n) is 4.22. The summed E-state index contributed by atoms with van der Waals surface area (Å²) >= 11 is 1.66. The highest BCUT2D eigenvalue weighted by Crippen LogP contribution is 2.24. The average Bonchev–Trinajstić information content (AvgIpc) is 3.40. The summed E-state index contributed by atoms with van der Waals surface area (Å²) in [7, 11) is 1.74. The van der Waals surface area contributed by atoms with Crippen LogP contribution >= 0.6 is 11.3 Å². The second kappa shape index (κ2) is 9.20. The van der Waals surface area contributed by atoms with E-state index in [1.165, 1.54) is 4.70 Å². The third kappa shape index (κ3) is 4.91. The predicted molar refractivity (Wildman–Crippen MR) is 118 cm³/mol. The topological polar surface area (TPSA) is 87.4 Å². The van der Waals surface area contributed by atoms with Gasteiger partial charge in [-0.25, -0.2) is 9.97 Å². The lowest BCUT2D eigenvalue weighted by Crippen LogP contribution is -2.39. The molecule has 148 valence electrons. The minimum Gasteiger partial charge on any atom is -0.444 e. The molecule has 0 unspecified atom stereocenters. The zero-order valence-electron chi connectivity index (χ0n) is 16.1. The normalized spacial score (nSPS) is 11.6. The molecule has 4 rings (SSSR count). The van der Waals surface area contributed by atoms with Crippen LogP contribution in [0.1, 0.15) is 5.69 Å². The molecule has 0 atom stereocenters. The number of thiazole rings is 1. The van der Waals surface area contributed by atoms with E-state index < -0.39 is 0 Å². The first-order valence-corrected chi connectivity index (χ1v) is 10.2. The second-order valence-electron chi connectivity index (χ2n) is 6.28. The predicted octanol–water partition coefficient (Wildman–Crippen LogP) is 3.73. The number of oxazole rings is 1. The molecule has 3 N–H and O–H groups in total. The number of nitrogens with one attached hydrogen (secondary N) is 3. The highest BCUT2D eigenvalue weighted by molar-refractivity contribution is 7.22. The molecule has 0 aliphatic heterocycles. The lowest BCUT2D eigenvalue weighted by molar-refractivity contribution is 0.572. The van der Waals surface area contributed by atoms with Gasteiger partial charge in [-0.3, -0.25) is 4.99 Å². The molecule has 29 heavy (non-hydrogen) atoms. The fraction of sp³-hybridized carbons (Fsp3) is 0.190. The van der Waals surface area contributed by atoms with Crippen molar-refractivity contribution in [3.63, 3.8) is 0 Å². The summed E-state index contributed by atoms with van der Waals surface area (Å²) in [4.78, 5) is 13.3. The second-order valence-corrected chi connectivity index (χ2v) is 7.31. The van der Waals surface area contributed by atoms with Crippen LogP contribution in [0.2, 0.25) is 0 Å². The first-order valence-electron chi connectivity index (χ1n) is 9.35. The maximum atomic E-state index is 5.56. The molecule has 7 nitrogen and oxygen atoms in total. The van der Waals surface area contributed by atoms with Crippen molar-refractivity contribution >= 4 is 32.6 Å². The molecule has 0 bridgehead atoms. The first kappa shape index (κ1) is 18.9. The fourth-order valence-corrected chi connectivity index (χ4v) is 3.69. The zero-order chi connectivity index (χ0) is 19.9. The summed E-state index contributed by atoms with van der Waals surface area (Å²) in [6, 6.07) is 18.0. The molecular formula is C21H22N6OS. The van der Waals surface area contributed by atoms with Crippen LogP contribution in [0.25, 0.3) is 21.7 Å². The van der Waals surface area contributed by atoms with E-state index in [0.29, 0.717) is 24.9 Å². The van der Waals surface area contributed by atoms with Gasteiger partial charge in [0, 0.05) is 25.7 Å². The van der Waals surface area contributed by atoms with Crippen LogP contribution in [0.15, 0.2) is 70.3 Å². The molecule has 0 saturated carbocycles. The first-order chi connectivity index (χ1) is 14.3. The highest BCUT2D eigenvalue weighted by Gasteiger charge is 2.07. The molecule has 8 heteroatoms. The molecule has 2 aromatic carbocycles. The summed E-state index contributed by atoms with van der Waals surface area (Å²) in [6.07, 6.45) is 1.66. The van der Waals surface area contributed by atoms with E-state index >= 15 is 0 Å². The highest BCUT2D eigenvalue weighted by atomic mass is 32.1. The molecule has 0 aliphatic rings. The van der Waals surface area contributed by atoms with Gasteiger partial charge in [0.05, 0.1) is 22.5 Å². The molecule has 0 saturated heterocycles. The Morgan fingerprint density at radius 3 is 2.66 bits per heavy atom. The zero-order valence-corrected chi connectivity index (χ0v) is 16.9. The number of aliphatic imine (C=N–C) groups is 1. The summed E-state index contributed by atoms with van der Waals surface area (Å²) in [5.74, 6) is 1.32. The van der Waals surface area contributed by atoms with E-state index in [2.05, 4.69) is 37.0 Å². The van der Waals surface area contributed by atoms with Crippen molar-refractivity contribution in [2.75, 3.05) is 25.5 Å². The largest absolute Gasteiger partial charge is 0.444 e. The van der Waals surface area contributed by atoms with Gasteiger partial charge in [0.15, 0.2) is 11.1 Å². The number of hydrogen-bond acceptors (Lipinski definition) is 6. The SMILES string of the molecule is CN=C(NCCNc1nc2ccccc2s1)NCc1coc(-c2ccccc2)n1. The van der Waals surface area contributed by atoms with Crippen molar-refractivity contribution < 1.29 is 4.42 Å². The molecule has 2 aromatic heterocycles. The standard InChI is InChI=1S/C21H22N6OS/c1-22-20(23-11-12-24-21-27-17-9-5-6-10-18(17)29-21)25-13-16-14-28-19(26-16)15-7-3-2-4-8-15/h2-10,14H,11-13H2,1H3,(H,24,27)(H2,22,23,25). The van der Waals surface area contributed by atoms with Crippen molar-refractivity contribution in [2.45, 2.75) is 6.54 Å². The van der Waals surface area contributed by atoms with Gasteiger partial charge in [-0.1, -0.05) is 41.7 Å². The summed E-state index contributed by atoms with van der Waals surface area (Å²) in [6.45, 7) is 1.98. The Kier molecular flexibility index (Phi) is 6.01. The van der Waals surface area contributed by atoms with Crippen LogP contribution in [-0.4, -0.2) is 36.1 Å². The van der Waals surface area contributed by atoms with Gasteiger partial charge in [0.1, 0.15) is 6.26 Å². The summed E-state index contributed by atoms with van der Waals surface area (Å²) < 4.78 is 6.75. The van der Waals surface area contributed by atoms with E-state index in [9.17, 15) is 0 Å². The molecule has 0 radical (unpaired) electrons. The van der Waals surface area contributed by atoms with E-state index in [0.717, 1.165) is 28.5 Å². The number of anilines is 1. The van der Waals surface area contributed by atoms with Gasteiger partial charge in [0.2, 0.25) is 5.89 Å². The van der Waals surface area contributed by atoms with E-state index in [1.54, 1.807) is 24.6 Å². The Hall–Kier alpha value is -3.39. The Labute approximate surface area is 172 Å². The maximum absolute atomic E-state index is 5.56. The number of para-hydroxylation sites is 1. The maximum Gasteiger partial charge on any atom is 0.226 e. The van der Waals surface area contributed by atoms with Crippen molar-refractivity contribution in [3.8, 4) is 11.5 Å². The van der Waals surface area contributed by atoms with Crippen molar-refractivity contribution in [1.82, 2.24) is 20.6 Å².